The van der Waals surface area contributed by atoms with Gasteiger partial charge < -0.3 is 15.7 Å². The van der Waals surface area contributed by atoms with E-state index in [0.29, 0.717) is 17.0 Å². The maximum Gasteiger partial charge on any atom is 0.307 e. The van der Waals surface area contributed by atoms with E-state index < -0.39 is 17.8 Å². The van der Waals surface area contributed by atoms with Crippen LogP contribution in [0.15, 0.2) is 23.6 Å². The molecule has 6 nitrogen and oxygen atoms in total. The molecule has 0 aliphatic heterocycles. The van der Waals surface area contributed by atoms with Crippen LogP contribution >= 0.6 is 11.3 Å². The molecule has 7 heteroatoms. The number of hydrogen-bond acceptors (Lipinski definition) is 4. The normalized spacial score (nSPS) is 30.3. The predicted molar refractivity (Wildman–Crippen MR) is 88.8 cm³/mol. The van der Waals surface area contributed by atoms with Crippen molar-refractivity contribution in [3.05, 3.63) is 29.2 Å². The lowest BCUT2D eigenvalue weighted by Gasteiger charge is -2.23. The number of fused-ring (bicyclic) bond motifs is 2. The molecule has 3 aliphatic carbocycles. The molecule has 0 radical (unpaired) electrons. The van der Waals surface area contributed by atoms with E-state index in [1.54, 1.807) is 11.4 Å². The average Bonchev–Trinajstić information content (AvgIpc) is 2.98. The van der Waals surface area contributed by atoms with E-state index in [4.69, 9.17) is 0 Å². The number of rotatable bonds is 5. The van der Waals surface area contributed by atoms with Crippen LogP contribution in [0.2, 0.25) is 0 Å². The Morgan fingerprint density at radius 3 is 2.50 bits per heavy atom. The maximum absolute atomic E-state index is 12.7. The van der Waals surface area contributed by atoms with Crippen LogP contribution in [0.5, 0.6) is 0 Å². The Labute approximate surface area is 142 Å². The highest BCUT2D eigenvalue weighted by molar-refractivity contribution is 7.14. The zero-order chi connectivity index (χ0) is 16.8. The molecule has 0 unspecified atom stereocenters. The zero-order valence-electron chi connectivity index (χ0n) is 12.9. The number of amides is 2. The van der Waals surface area contributed by atoms with Crippen molar-refractivity contribution in [2.75, 3.05) is 5.32 Å². The smallest absolute Gasteiger partial charge is 0.307 e. The lowest BCUT2D eigenvalue weighted by molar-refractivity contribution is -0.146. The Kier molecular flexibility index (Phi) is 3.68. The maximum atomic E-state index is 12.7. The van der Waals surface area contributed by atoms with E-state index >= 15 is 0 Å². The summed E-state index contributed by atoms with van der Waals surface area (Å²) in [5.41, 5.74) is 0.450. The van der Waals surface area contributed by atoms with Crippen LogP contribution in [0.3, 0.4) is 0 Å². The van der Waals surface area contributed by atoms with Gasteiger partial charge in [-0.15, -0.1) is 11.3 Å². The van der Waals surface area contributed by atoms with Gasteiger partial charge in [0.2, 0.25) is 5.91 Å². The van der Waals surface area contributed by atoms with Gasteiger partial charge in [0, 0.05) is 6.04 Å². The third-order valence-corrected chi connectivity index (χ3v) is 5.94. The van der Waals surface area contributed by atoms with Crippen LogP contribution in [0.1, 0.15) is 29.6 Å². The number of carbonyl (C=O) groups is 3. The van der Waals surface area contributed by atoms with Crippen molar-refractivity contribution < 1.29 is 19.5 Å². The summed E-state index contributed by atoms with van der Waals surface area (Å²) in [6.45, 7) is 0. The molecule has 1 heterocycles. The minimum atomic E-state index is -0.926. The Bertz CT molecular complexity index is 737. The second-order valence-electron chi connectivity index (χ2n) is 6.74. The number of hydrogen-bond donors (Lipinski definition) is 3. The standard InChI is InChI=1S/C17H18N2O4S/c20-14(18-10-3-4-10)11-5-6-24-16(11)19-15(21)12-8-1-2-9(7-8)13(12)17(22)23/h1-2,5-6,8-10,12-13H,3-4,7H2,(H,18,20)(H,19,21)(H,22,23)/t8-,9-,12-,13+/m1/s1. The summed E-state index contributed by atoms with van der Waals surface area (Å²) in [5.74, 6) is -2.75. The van der Waals surface area contributed by atoms with Crippen LogP contribution < -0.4 is 10.6 Å². The Balaban J connectivity index is 1.50. The van der Waals surface area contributed by atoms with Crippen molar-refractivity contribution in [2.24, 2.45) is 23.7 Å². The molecule has 0 saturated heterocycles. The van der Waals surface area contributed by atoms with Crippen molar-refractivity contribution >= 4 is 34.1 Å². The predicted octanol–water partition coefficient (Wildman–Crippen LogP) is 2.10. The number of allylic oxidation sites excluding steroid dienone is 2. The summed E-state index contributed by atoms with van der Waals surface area (Å²) in [4.78, 5) is 36.4. The molecular formula is C17H18N2O4S. The molecule has 4 atom stereocenters. The Hall–Kier alpha value is -2.15. The van der Waals surface area contributed by atoms with Gasteiger partial charge in [0.25, 0.3) is 5.91 Å². The lowest BCUT2D eigenvalue weighted by Crippen LogP contribution is -2.36. The zero-order valence-corrected chi connectivity index (χ0v) is 13.7. The second kappa shape index (κ2) is 5.73. The summed E-state index contributed by atoms with van der Waals surface area (Å²) in [6, 6.07) is 1.93. The molecular weight excluding hydrogens is 328 g/mol. The van der Waals surface area contributed by atoms with E-state index in [9.17, 15) is 19.5 Å². The quantitative estimate of drug-likeness (QED) is 0.712. The number of carbonyl (C=O) groups excluding carboxylic acids is 2. The highest BCUT2D eigenvalue weighted by atomic mass is 32.1. The molecule has 4 rings (SSSR count). The van der Waals surface area contributed by atoms with Crippen molar-refractivity contribution in [3.63, 3.8) is 0 Å². The molecule has 0 aromatic carbocycles. The van der Waals surface area contributed by atoms with E-state index in [1.807, 2.05) is 12.2 Å². The van der Waals surface area contributed by atoms with Gasteiger partial charge in [0.1, 0.15) is 5.00 Å². The minimum absolute atomic E-state index is 0.0280. The number of anilines is 1. The Morgan fingerprint density at radius 1 is 1.12 bits per heavy atom. The van der Waals surface area contributed by atoms with Gasteiger partial charge in [-0.3, -0.25) is 14.4 Å². The lowest BCUT2D eigenvalue weighted by atomic mass is 9.82. The molecule has 3 aliphatic rings. The number of thiophene rings is 1. The largest absolute Gasteiger partial charge is 0.481 e. The SMILES string of the molecule is O=C(NC1CC1)c1ccsc1NC(=O)[C@H]1[C@@H](C(=O)O)[C@@H]2C=C[C@@H]1C2. The van der Waals surface area contributed by atoms with Crippen molar-refractivity contribution in [2.45, 2.75) is 25.3 Å². The first-order valence-corrected chi connectivity index (χ1v) is 9.03. The van der Waals surface area contributed by atoms with Crippen molar-refractivity contribution in [3.8, 4) is 0 Å². The van der Waals surface area contributed by atoms with Gasteiger partial charge in [-0.05, 0) is 42.5 Å². The first-order valence-electron chi connectivity index (χ1n) is 8.15. The monoisotopic (exact) mass is 346 g/mol. The first-order chi connectivity index (χ1) is 11.5. The molecule has 3 N–H and O–H groups in total. The van der Waals surface area contributed by atoms with Crippen LogP contribution in [0.4, 0.5) is 5.00 Å². The van der Waals surface area contributed by atoms with Gasteiger partial charge in [0.15, 0.2) is 0 Å². The fourth-order valence-corrected chi connectivity index (χ4v) is 4.57. The van der Waals surface area contributed by atoms with E-state index in [-0.39, 0.29) is 29.7 Å². The third-order valence-electron chi connectivity index (χ3n) is 5.11. The number of carboxylic acid groups (broad SMARTS) is 1. The van der Waals surface area contributed by atoms with Crippen LogP contribution in [0.25, 0.3) is 0 Å². The summed E-state index contributed by atoms with van der Waals surface area (Å²) in [7, 11) is 0. The fraction of sp³-hybridized carbons (Fsp3) is 0.471. The molecule has 1 aromatic rings. The molecule has 0 spiro atoms. The van der Waals surface area contributed by atoms with Gasteiger partial charge >= 0.3 is 5.97 Å². The molecule has 2 amide bonds. The van der Waals surface area contributed by atoms with Gasteiger partial charge in [0.05, 0.1) is 17.4 Å². The molecule has 126 valence electrons. The number of nitrogens with one attached hydrogen (secondary N) is 2. The van der Waals surface area contributed by atoms with Crippen LogP contribution in [-0.4, -0.2) is 28.9 Å². The van der Waals surface area contributed by atoms with Gasteiger partial charge in [-0.1, -0.05) is 12.2 Å². The highest BCUT2D eigenvalue weighted by Gasteiger charge is 2.51. The summed E-state index contributed by atoms with van der Waals surface area (Å²) in [5, 5.41) is 17.4. The summed E-state index contributed by atoms with van der Waals surface area (Å²) < 4.78 is 0. The van der Waals surface area contributed by atoms with Crippen molar-refractivity contribution in [1.82, 2.24) is 5.32 Å². The molecule has 2 bridgehead atoms. The van der Waals surface area contributed by atoms with Crippen molar-refractivity contribution in [1.29, 1.82) is 0 Å². The topological polar surface area (TPSA) is 95.5 Å². The molecule has 24 heavy (non-hydrogen) atoms. The number of aliphatic carboxylic acids is 1. The second-order valence-corrected chi connectivity index (χ2v) is 7.65. The highest BCUT2D eigenvalue weighted by Crippen LogP contribution is 2.48. The van der Waals surface area contributed by atoms with Crippen LogP contribution in [0, 0.1) is 23.7 Å². The summed E-state index contributed by atoms with van der Waals surface area (Å²) in [6.07, 6.45) is 6.57. The number of carboxylic acids is 1. The average molecular weight is 346 g/mol. The minimum Gasteiger partial charge on any atom is -0.481 e. The van der Waals surface area contributed by atoms with E-state index in [1.165, 1.54) is 11.3 Å². The first kappa shape index (κ1) is 15.4. The Morgan fingerprint density at radius 2 is 1.83 bits per heavy atom. The van der Waals surface area contributed by atoms with Gasteiger partial charge in [-0.25, -0.2) is 0 Å². The van der Waals surface area contributed by atoms with E-state index in [2.05, 4.69) is 10.6 Å². The molecule has 1 aromatic heterocycles. The van der Waals surface area contributed by atoms with Gasteiger partial charge in [-0.2, -0.15) is 0 Å². The van der Waals surface area contributed by atoms with E-state index in [0.717, 1.165) is 12.8 Å². The fourth-order valence-electron chi connectivity index (χ4n) is 3.79. The molecule has 2 saturated carbocycles. The van der Waals surface area contributed by atoms with Crippen LogP contribution in [-0.2, 0) is 9.59 Å². The third kappa shape index (κ3) is 2.62. The summed E-state index contributed by atoms with van der Waals surface area (Å²) >= 11 is 1.28. The molecule has 2 fully saturated rings.